The van der Waals surface area contributed by atoms with Gasteiger partial charge in [0.15, 0.2) is 0 Å². The highest BCUT2D eigenvalue weighted by Gasteiger charge is 2.18. The van der Waals surface area contributed by atoms with Crippen LogP contribution in [0.3, 0.4) is 0 Å². The molecule has 1 saturated heterocycles. The van der Waals surface area contributed by atoms with Crippen molar-refractivity contribution >= 4 is 5.65 Å². The minimum Gasteiger partial charge on any atom is -0.372 e. The molecule has 0 amide bonds. The number of imidazole rings is 1. The van der Waals surface area contributed by atoms with Gasteiger partial charge in [-0.3, -0.25) is 0 Å². The van der Waals surface area contributed by atoms with Crippen LogP contribution in [0.2, 0.25) is 0 Å². The Kier molecular flexibility index (Phi) is 2.40. The van der Waals surface area contributed by atoms with E-state index in [1.807, 2.05) is 0 Å². The lowest BCUT2D eigenvalue weighted by atomic mass is 10.1. The third-order valence-electron chi connectivity index (χ3n) is 3.13. The van der Waals surface area contributed by atoms with Crippen LogP contribution in [-0.2, 0) is 4.74 Å². The summed E-state index contributed by atoms with van der Waals surface area (Å²) in [5.74, 6) is 0. The van der Waals surface area contributed by atoms with Crippen LogP contribution >= 0.6 is 0 Å². The average Bonchev–Trinajstić information content (AvgIpc) is 2.73. The van der Waals surface area contributed by atoms with E-state index in [0.717, 1.165) is 24.4 Å². The van der Waals surface area contributed by atoms with E-state index in [4.69, 9.17) is 4.74 Å². The van der Waals surface area contributed by atoms with Gasteiger partial charge < -0.3 is 9.14 Å². The minimum atomic E-state index is 0.203. The Morgan fingerprint density at radius 2 is 2.25 bits per heavy atom. The molecule has 3 heterocycles. The molecule has 84 valence electrons. The van der Waals surface area contributed by atoms with E-state index in [9.17, 15) is 0 Å². The molecule has 1 aliphatic heterocycles. The number of nitrogens with zero attached hydrogens (tertiary/aromatic N) is 2. The van der Waals surface area contributed by atoms with Gasteiger partial charge in [-0.25, -0.2) is 4.98 Å². The molecule has 0 aliphatic carbocycles. The third kappa shape index (κ3) is 1.71. The van der Waals surface area contributed by atoms with E-state index in [-0.39, 0.29) is 6.10 Å². The fourth-order valence-electron chi connectivity index (χ4n) is 2.25. The van der Waals surface area contributed by atoms with Gasteiger partial charge in [-0.15, -0.1) is 0 Å². The largest absolute Gasteiger partial charge is 0.372 e. The molecule has 3 heteroatoms. The summed E-state index contributed by atoms with van der Waals surface area (Å²) in [6, 6.07) is 4.15. The molecule has 0 saturated carbocycles. The zero-order valence-corrected chi connectivity index (χ0v) is 9.52. The van der Waals surface area contributed by atoms with Crippen molar-refractivity contribution in [1.29, 1.82) is 0 Å². The quantitative estimate of drug-likeness (QED) is 0.732. The van der Waals surface area contributed by atoms with Crippen molar-refractivity contribution in [1.82, 2.24) is 9.38 Å². The zero-order chi connectivity index (χ0) is 11.0. The predicted octanol–water partition coefficient (Wildman–Crippen LogP) is 2.88. The fourth-order valence-corrected chi connectivity index (χ4v) is 2.25. The zero-order valence-electron chi connectivity index (χ0n) is 9.52. The lowest BCUT2D eigenvalue weighted by molar-refractivity contribution is 0.0126. The van der Waals surface area contributed by atoms with E-state index in [1.54, 1.807) is 0 Å². The molecule has 0 radical (unpaired) electrons. The molecule has 16 heavy (non-hydrogen) atoms. The summed E-state index contributed by atoms with van der Waals surface area (Å²) < 4.78 is 7.83. The number of hydrogen-bond acceptors (Lipinski definition) is 2. The molecule has 1 atom stereocenters. The Morgan fingerprint density at radius 3 is 3.06 bits per heavy atom. The van der Waals surface area contributed by atoms with Gasteiger partial charge in [-0.1, -0.05) is 6.07 Å². The molecule has 1 unspecified atom stereocenters. The fraction of sp³-hybridized carbons (Fsp3) is 0.462. The maximum atomic E-state index is 5.75. The van der Waals surface area contributed by atoms with Crippen molar-refractivity contribution < 1.29 is 4.74 Å². The van der Waals surface area contributed by atoms with Crippen LogP contribution in [0.25, 0.3) is 5.65 Å². The maximum absolute atomic E-state index is 5.75. The lowest BCUT2D eigenvalue weighted by Crippen LogP contribution is -2.11. The monoisotopic (exact) mass is 216 g/mol. The summed E-state index contributed by atoms with van der Waals surface area (Å²) in [5, 5.41) is 0. The van der Waals surface area contributed by atoms with Crippen molar-refractivity contribution in [2.75, 3.05) is 6.61 Å². The van der Waals surface area contributed by atoms with Crippen LogP contribution in [0.5, 0.6) is 0 Å². The van der Waals surface area contributed by atoms with Gasteiger partial charge in [0, 0.05) is 19.0 Å². The minimum absolute atomic E-state index is 0.203. The van der Waals surface area contributed by atoms with Crippen LogP contribution in [-0.4, -0.2) is 16.0 Å². The van der Waals surface area contributed by atoms with E-state index >= 15 is 0 Å². The van der Waals surface area contributed by atoms with Gasteiger partial charge in [0.05, 0.1) is 5.69 Å². The van der Waals surface area contributed by atoms with Gasteiger partial charge in [-0.2, -0.15) is 0 Å². The molecule has 3 rings (SSSR count). The molecule has 0 bridgehead atoms. The van der Waals surface area contributed by atoms with Crippen LogP contribution in [0.1, 0.15) is 36.6 Å². The molecular formula is C13H16N2O. The van der Waals surface area contributed by atoms with Gasteiger partial charge in [0.25, 0.3) is 0 Å². The summed E-state index contributed by atoms with van der Waals surface area (Å²) in [6.45, 7) is 2.97. The number of hydrogen-bond donors (Lipinski definition) is 0. The topological polar surface area (TPSA) is 26.5 Å². The summed E-state index contributed by atoms with van der Waals surface area (Å²) in [4.78, 5) is 4.62. The van der Waals surface area contributed by atoms with E-state index in [0.29, 0.717) is 0 Å². The molecule has 2 aromatic heterocycles. The second kappa shape index (κ2) is 3.91. The number of rotatable bonds is 1. The van der Waals surface area contributed by atoms with Crippen LogP contribution in [0.15, 0.2) is 24.5 Å². The van der Waals surface area contributed by atoms with E-state index in [2.05, 4.69) is 40.8 Å². The number of pyridine rings is 1. The van der Waals surface area contributed by atoms with E-state index < -0.39 is 0 Å². The molecular weight excluding hydrogens is 200 g/mol. The Balaban J connectivity index is 1.97. The average molecular weight is 216 g/mol. The number of fused-ring (bicyclic) bond motifs is 1. The Morgan fingerprint density at radius 1 is 1.31 bits per heavy atom. The highest BCUT2D eigenvalue weighted by molar-refractivity contribution is 5.41. The highest BCUT2D eigenvalue weighted by atomic mass is 16.5. The van der Waals surface area contributed by atoms with Crippen LogP contribution in [0.4, 0.5) is 0 Å². The molecule has 1 fully saturated rings. The summed E-state index contributed by atoms with van der Waals surface area (Å²) in [5.41, 5.74) is 3.33. The normalized spacial score (nSPS) is 21.4. The van der Waals surface area contributed by atoms with Gasteiger partial charge in [0.1, 0.15) is 11.8 Å². The highest BCUT2D eigenvalue weighted by Crippen LogP contribution is 2.27. The Hall–Kier alpha value is -1.35. The Bertz CT molecular complexity index is 498. The van der Waals surface area contributed by atoms with E-state index in [1.165, 1.54) is 18.4 Å². The van der Waals surface area contributed by atoms with Crippen LogP contribution in [0, 0.1) is 6.92 Å². The molecule has 3 nitrogen and oxygen atoms in total. The van der Waals surface area contributed by atoms with Crippen molar-refractivity contribution in [3.05, 3.63) is 35.8 Å². The summed E-state index contributed by atoms with van der Waals surface area (Å²) in [6.07, 6.45) is 7.94. The molecule has 0 N–H and O–H groups in total. The van der Waals surface area contributed by atoms with Crippen LogP contribution < -0.4 is 0 Å². The number of aryl methyl sites for hydroxylation is 1. The number of aromatic nitrogens is 2. The molecule has 0 aromatic carbocycles. The third-order valence-corrected chi connectivity index (χ3v) is 3.13. The number of ether oxygens (including phenoxy) is 1. The molecule has 2 aromatic rings. The standard InChI is InChI=1S/C13H16N2O/c1-10-5-6-13-14-11(9-15(13)8-10)12-4-2-3-7-16-12/h5-6,8-9,12H,2-4,7H2,1H3. The first-order chi connectivity index (χ1) is 7.83. The summed E-state index contributed by atoms with van der Waals surface area (Å²) in [7, 11) is 0. The Labute approximate surface area is 95.1 Å². The van der Waals surface area contributed by atoms with Gasteiger partial charge >= 0.3 is 0 Å². The summed E-state index contributed by atoms with van der Waals surface area (Å²) >= 11 is 0. The second-order valence-corrected chi connectivity index (χ2v) is 4.49. The maximum Gasteiger partial charge on any atom is 0.137 e. The molecule has 0 spiro atoms. The first kappa shape index (κ1) is 9.85. The van der Waals surface area contributed by atoms with Gasteiger partial charge in [-0.05, 0) is 37.8 Å². The molecule has 1 aliphatic rings. The SMILES string of the molecule is Cc1ccc2nc(C3CCCCO3)cn2c1. The van der Waals surface area contributed by atoms with Crippen molar-refractivity contribution in [2.45, 2.75) is 32.3 Å². The first-order valence-corrected chi connectivity index (χ1v) is 5.90. The lowest BCUT2D eigenvalue weighted by Gasteiger charge is -2.20. The first-order valence-electron chi connectivity index (χ1n) is 5.90. The second-order valence-electron chi connectivity index (χ2n) is 4.49. The van der Waals surface area contributed by atoms with Gasteiger partial charge in [0.2, 0.25) is 0 Å². The van der Waals surface area contributed by atoms with Crippen molar-refractivity contribution in [3.63, 3.8) is 0 Å². The predicted molar refractivity (Wildman–Crippen MR) is 62.5 cm³/mol. The van der Waals surface area contributed by atoms with Crippen molar-refractivity contribution in [3.8, 4) is 0 Å². The smallest absolute Gasteiger partial charge is 0.137 e. The van der Waals surface area contributed by atoms with Crippen molar-refractivity contribution in [2.24, 2.45) is 0 Å².